The maximum atomic E-state index is 5.75. The first-order chi connectivity index (χ1) is 8.88. The summed E-state index contributed by atoms with van der Waals surface area (Å²) < 4.78 is 11.2. The van der Waals surface area contributed by atoms with Gasteiger partial charge >= 0.3 is 0 Å². The van der Waals surface area contributed by atoms with Crippen LogP contribution < -0.4 is 5.32 Å². The maximum Gasteiger partial charge on any atom is 0.243 e. The van der Waals surface area contributed by atoms with E-state index in [1.54, 1.807) is 0 Å². The standard InChI is InChI=1S/C13H21N3O2/c1-2-17-11(9-6-7-9)12-15-13(18-16-12)10-5-3-4-8-14-10/h9-11,14H,2-8H2,1H3/t10-,11?/m0/s1. The predicted octanol–water partition coefficient (Wildman–Crippen LogP) is 2.37. The summed E-state index contributed by atoms with van der Waals surface area (Å²) in [6.45, 7) is 3.76. The van der Waals surface area contributed by atoms with Gasteiger partial charge in [0.05, 0.1) is 6.04 Å². The van der Waals surface area contributed by atoms with E-state index >= 15 is 0 Å². The van der Waals surface area contributed by atoms with E-state index in [0.717, 1.165) is 24.7 Å². The van der Waals surface area contributed by atoms with Gasteiger partial charge < -0.3 is 14.6 Å². The van der Waals surface area contributed by atoms with E-state index in [0.29, 0.717) is 12.5 Å². The molecular weight excluding hydrogens is 230 g/mol. The summed E-state index contributed by atoms with van der Waals surface area (Å²) in [5, 5.41) is 7.55. The molecule has 1 aromatic heterocycles. The molecule has 0 spiro atoms. The summed E-state index contributed by atoms with van der Waals surface area (Å²) in [7, 11) is 0. The van der Waals surface area contributed by atoms with Crippen LogP contribution in [0.25, 0.3) is 0 Å². The smallest absolute Gasteiger partial charge is 0.243 e. The van der Waals surface area contributed by atoms with Gasteiger partial charge in [0.25, 0.3) is 0 Å². The Kier molecular flexibility index (Phi) is 3.61. The van der Waals surface area contributed by atoms with Gasteiger partial charge in [-0.05, 0) is 45.1 Å². The first-order valence-corrected chi connectivity index (χ1v) is 7.07. The van der Waals surface area contributed by atoms with Crippen molar-refractivity contribution in [2.45, 2.75) is 51.2 Å². The van der Waals surface area contributed by atoms with Crippen LogP contribution in [0.2, 0.25) is 0 Å². The second kappa shape index (κ2) is 5.36. The van der Waals surface area contributed by atoms with Gasteiger partial charge in [0.15, 0.2) is 0 Å². The second-order valence-electron chi connectivity index (χ2n) is 5.21. The molecular formula is C13H21N3O2. The number of nitrogens with one attached hydrogen (secondary N) is 1. The number of rotatable bonds is 5. The predicted molar refractivity (Wildman–Crippen MR) is 66.0 cm³/mol. The van der Waals surface area contributed by atoms with E-state index < -0.39 is 0 Å². The zero-order chi connectivity index (χ0) is 12.4. The molecule has 1 unspecified atom stereocenters. The average molecular weight is 251 g/mol. The normalized spacial score (nSPS) is 26.2. The molecule has 3 rings (SSSR count). The van der Waals surface area contributed by atoms with Crippen molar-refractivity contribution in [3.05, 3.63) is 11.7 Å². The summed E-state index contributed by atoms with van der Waals surface area (Å²) in [6, 6.07) is 0.237. The molecule has 5 heteroatoms. The Bertz CT molecular complexity index is 383. The van der Waals surface area contributed by atoms with E-state index in [9.17, 15) is 0 Å². The van der Waals surface area contributed by atoms with Crippen LogP contribution in [0.1, 0.15) is 62.9 Å². The first kappa shape index (κ1) is 12.1. The molecule has 100 valence electrons. The lowest BCUT2D eigenvalue weighted by Crippen LogP contribution is -2.27. The fourth-order valence-electron chi connectivity index (χ4n) is 2.57. The Hall–Kier alpha value is -0.940. The van der Waals surface area contributed by atoms with Crippen LogP contribution in [0.4, 0.5) is 0 Å². The fraction of sp³-hybridized carbons (Fsp3) is 0.846. The summed E-state index contributed by atoms with van der Waals surface area (Å²) in [6.07, 6.45) is 6.03. The van der Waals surface area contributed by atoms with E-state index in [2.05, 4.69) is 15.5 Å². The number of ether oxygens (including phenoxy) is 1. The molecule has 18 heavy (non-hydrogen) atoms. The Morgan fingerprint density at radius 3 is 2.94 bits per heavy atom. The molecule has 2 fully saturated rings. The number of nitrogens with zero attached hydrogens (tertiary/aromatic N) is 2. The van der Waals surface area contributed by atoms with Gasteiger partial charge in [0, 0.05) is 6.61 Å². The van der Waals surface area contributed by atoms with Crippen LogP contribution in [0.15, 0.2) is 4.52 Å². The summed E-state index contributed by atoms with van der Waals surface area (Å²) in [5.74, 6) is 2.06. The van der Waals surface area contributed by atoms with Crippen molar-refractivity contribution in [3.63, 3.8) is 0 Å². The monoisotopic (exact) mass is 251 g/mol. The van der Waals surface area contributed by atoms with Gasteiger partial charge in [-0.15, -0.1) is 0 Å². The average Bonchev–Trinajstić information content (AvgIpc) is 3.14. The van der Waals surface area contributed by atoms with Crippen molar-refractivity contribution in [2.24, 2.45) is 5.92 Å². The quantitative estimate of drug-likeness (QED) is 0.870. The highest BCUT2D eigenvalue weighted by atomic mass is 16.5. The van der Waals surface area contributed by atoms with Crippen molar-refractivity contribution in [3.8, 4) is 0 Å². The Morgan fingerprint density at radius 2 is 2.28 bits per heavy atom. The molecule has 0 aromatic carbocycles. The van der Waals surface area contributed by atoms with Gasteiger partial charge in [0.2, 0.25) is 11.7 Å². The summed E-state index contributed by atoms with van der Waals surface area (Å²) in [4.78, 5) is 4.55. The largest absolute Gasteiger partial charge is 0.370 e. The van der Waals surface area contributed by atoms with Crippen LogP contribution in [0.3, 0.4) is 0 Å². The number of aromatic nitrogens is 2. The van der Waals surface area contributed by atoms with Gasteiger partial charge in [-0.2, -0.15) is 4.98 Å². The zero-order valence-corrected chi connectivity index (χ0v) is 10.9. The molecule has 1 aromatic rings. The Morgan fingerprint density at radius 1 is 1.39 bits per heavy atom. The van der Waals surface area contributed by atoms with Crippen LogP contribution >= 0.6 is 0 Å². The van der Waals surface area contributed by atoms with Crippen LogP contribution in [-0.2, 0) is 4.74 Å². The third kappa shape index (κ3) is 2.57. The lowest BCUT2D eigenvalue weighted by atomic mass is 10.1. The molecule has 0 bridgehead atoms. The van der Waals surface area contributed by atoms with E-state index in [1.165, 1.54) is 25.7 Å². The molecule has 1 N–H and O–H groups in total. The van der Waals surface area contributed by atoms with Gasteiger partial charge in [0.1, 0.15) is 6.10 Å². The van der Waals surface area contributed by atoms with E-state index in [4.69, 9.17) is 9.26 Å². The molecule has 1 aliphatic carbocycles. The zero-order valence-electron chi connectivity index (χ0n) is 10.9. The van der Waals surface area contributed by atoms with Crippen LogP contribution in [0, 0.1) is 5.92 Å². The number of piperidine rings is 1. The molecule has 2 aliphatic rings. The second-order valence-corrected chi connectivity index (χ2v) is 5.21. The minimum atomic E-state index is 0.0380. The molecule has 2 atom stereocenters. The molecule has 1 saturated heterocycles. The third-order valence-corrected chi connectivity index (χ3v) is 3.72. The van der Waals surface area contributed by atoms with Crippen molar-refractivity contribution in [2.75, 3.05) is 13.2 Å². The molecule has 2 heterocycles. The SMILES string of the molecule is CCOC(c1noc([C@@H]2CCCCN2)n1)C1CC1. The number of hydrogen-bond donors (Lipinski definition) is 1. The van der Waals surface area contributed by atoms with E-state index in [-0.39, 0.29) is 12.1 Å². The Balaban J connectivity index is 1.70. The van der Waals surface area contributed by atoms with Crippen molar-refractivity contribution in [1.82, 2.24) is 15.5 Å². The molecule has 5 nitrogen and oxygen atoms in total. The van der Waals surface area contributed by atoms with Gasteiger partial charge in [-0.1, -0.05) is 11.6 Å². The first-order valence-electron chi connectivity index (χ1n) is 7.07. The lowest BCUT2D eigenvalue weighted by molar-refractivity contribution is 0.0384. The fourth-order valence-corrected chi connectivity index (χ4v) is 2.57. The summed E-state index contributed by atoms with van der Waals surface area (Å²) >= 11 is 0. The van der Waals surface area contributed by atoms with Gasteiger partial charge in [-0.3, -0.25) is 0 Å². The van der Waals surface area contributed by atoms with E-state index in [1.807, 2.05) is 6.92 Å². The van der Waals surface area contributed by atoms with Crippen molar-refractivity contribution >= 4 is 0 Å². The topological polar surface area (TPSA) is 60.2 Å². The van der Waals surface area contributed by atoms with Crippen LogP contribution in [0.5, 0.6) is 0 Å². The molecule has 1 saturated carbocycles. The Labute approximate surface area is 107 Å². The highest BCUT2D eigenvalue weighted by Crippen LogP contribution is 2.42. The van der Waals surface area contributed by atoms with Crippen LogP contribution in [-0.4, -0.2) is 23.3 Å². The highest BCUT2D eigenvalue weighted by molar-refractivity contribution is 5.01. The summed E-state index contributed by atoms with van der Waals surface area (Å²) in [5.41, 5.74) is 0. The maximum absolute atomic E-state index is 5.75. The van der Waals surface area contributed by atoms with Crippen molar-refractivity contribution in [1.29, 1.82) is 0 Å². The minimum absolute atomic E-state index is 0.0380. The minimum Gasteiger partial charge on any atom is -0.370 e. The molecule has 0 amide bonds. The third-order valence-electron chi connectivity index (χ3n) is 3.72. The molecule has 0 radical (unpaired) electrons. The van der Waals surface area contributed by atoms with Crippen molar-refractivity contribution < 1.29 is 9.26 Å². The van der Waals surface area contributed by atoms with Gasteiger partial charge in [-0.25, -0.2) is 0 Å². The highest BCUT2D eigenvalue weighted by Gasteiger charge is 2.36. The lowest BCUT2D eigenvalue weighted by Gasteiger charge is -2.19. The number of hydrogen-bond acceptors (Lipinski definition) is 5. The molecule has 1 aliphatic heterocycles.